The molecule has 3 nitrogen and oxygen atoms in total. The van der Waals surface area contributed by atoms with E-state index >= 15 is 0 Å². The van der Waals surface area contributed by atoms with Gasteiger partial charge in [-0.2, -0.15) is 0 Å². The Bertz CT molecular complexity index is 4010. The molecule has 0 spiro atoms. The topological polar surface area (TPSA) is 37.9 Å². The predicted octanol–water partition coefficient (Wildman–Crippen LogP) is 17.8. The largest absolute Gasteiger partial charge is 0.456 e. The van der Waals surface area contributed by atoms with E-state index in [2.05, 4.69) is 224 Å². The van der Waals surface area contributed by atoms with Crippen LogP contribution < -0.4 is 0 Å². The molecule has 0 radical (unpaired) electrons. The summed E-state index contributed by atoms with van der Waals surface area (Å²) >= 11 is 1.87. The van der Waals surface area contributed by atoms with Gasteiger partial charge in [0.05, 0.1) is 5.71 Å². The zero-order valence-corrected chi connectivity index (χ0v) is 38.3. The summed E-state index contributed by atoms with van der Waals surface area (Å²) in [5, 5.41) is 4.70. The second-order valence-electron chi connectivity index (χ2n) is 17.7. The summed E-state index contributed by atoms with van der Waals surface area (Å²) in [5.41, 5.74) is 17.7. The molecule has 0 saturated carbocycles. The van der Waals surface area contributed by atoms with E-state index in [1.165, 1.54) is 31.3 Å². The number of furan rings is 1. The first-order valence-electron chi connectivity index (χ1n) is 23.3. The molecule has 0 fully saturated rings. The van der Waals surface area contributed by atoms with Crippen LogP contribution in [0, 0.1) is 0 Å². The number of hydrogen-bond donors (Lipinski definition) is 0. The van der Waals surface area contributed by atoms with Crippen molar-refractivity contribution in [3.8, 4) is 55.6 Å². The molecule has 69 heavy (non-hydrogen) atoms. The fourth-order valence-electron chi connectivity index (χ4n) is 10.2. The van der Waals surface area contributed by atoms with Crippen molar-refractivity contribution in [1.82, 2.24) is 0 Å². The number of rotatable bonds is 8. The first-order chi connectivity index (χ1) is 34.1. The van der Waals surface area contributed by atoms with Crippen LogP contribution in [0.1, 0.15) is 22.7 Å². The molecule has 2 aromatic heterocycles. The summed E-state index contributed by atoms with van der Waals surface area (Å²) < 4.78 is 9.26. The van der Waals surface area contributed by atoms with Crippen LogP contribution in [0.3, 0.4) is 0 Å². The summed E-state index contributed by atoms with van der Waals surface area (Å²) in [5.74, 6) is 0.652. The van der Waals surface area contributed by atoms with Crippen molar-refractivity contribution in [2.45, 2.75) is 6.04 Å². The van der Waals surface area contributed by atoms with Gasteiger partial charge in [-0.25, -0.2) is 4.99 Å². The van der Waals surface area contributed by atoms with Gasteiger partial charge in [0.1, 0.15) is 17.2 Å². The van der Waals surface area contributed by atoms with Crippen molar-refractivity contribution >= 4 is 65.0 Å². The van der Waals surface area contributed by atoms with Gasteiger partial charge in [0, 0.05) is 47.6 Å². The van der Waals surface area contributed by atoms with Crippen LogP contribution in [-0.2, 0) is 0 Å². The molecule has 1 unspecified atom stereocenters. The Morgan fingerprint density at radius 1 is 0.391 bits per heavy atom. The van der Waals surface area contributed by atoms with E-state index in [0.29, 0.717) is 5.84 Å². The highest BCUT2D eigenvalue weighted by Crippen LogP contribution is 2.44. The number of benzene rings is 10. The lowest BCUT2D eigenvalue weighted by Gasteiger charge is -2.25. The summed E-state index contributed by atoms with van der Waals surface area (Å²) in [6.45, 7) is 4.74. The van der Waals surface area contributed by atoms with Gasteiger partial charge in [-0.05, 0) is 104 Å². The molecule has 0 N–H and O–H groups in total. The molecule has 324 valence electrons. The van der Waals surface area contributed by atoms with Crippen molar-refractivity contribution in [1.29, 1.82) is 0 Å². The van der Waals surface area contributed by atoms with Crippen LogP contribution in [0.2, 0.25) is 0 Å². The maximum Gasteiger partial charge on any atom is 0.156 e. The Morgan fingerprint density at radius 3 is 1.71 bits per heavy atom. The number of fused-ring (bicyclic) bond motifs is 6. The van der Waals surface area contributed by atoms with Gasteiger partial charge >= 0.3 is 0 Å². The summed E-state index contributed by atoms with van der Waals surface area (Å²) in [7, 11) is 0. The molecule has 0 bridgehead atoms. The van der Waals surface area contributed by atoms with E-state index in [-0.39, 0.29) is 0 Å². The number of hydrogen-bond acceptors (Lipinski definition) is 4. The Balaban J connectivity index is 0.951. The molecule has 4 heteroatoms. The van der Waals surface area contributed by atoms with E-state index < -0.39 is 6.04 Å². The molecule has 13 rings (SSSR count). The van der Waals surface area contributed by atoms with Crippen LogP contribution in [0.15, 0.2) is 263 Å². The van der Waals surface area contributed by atoms with Crippen molar-refractivity contribution < 1.29 is 4.42 Å². The van der Waals surface area contributed by atoms with Gasteiger partial charge in [-0.15, -0.1) is 11.3 Å². The van der Waals surface area contributed by atoms with Crippen molar-refractivity contribution in [3.05, 3.63) is 265 Å². The summed E-state index contributed by atoms with van der Waals surface area (Å²) in [4.78, 5) is 11.0. The highest BCUT2D eigenvalue weighted by atomic mass is 32.1. The lowest BCUT2D eigenvalue weighted by atomic mass is 9.88. The average molecular weight is 899 g/mol. The van der Waals surface area contributed by atoms with Crippen LogP contribution in [0.4, 0.5) is 0 Å². The van der Waals surface area contributed by atoms with Gasteiger partial charge < -0.3 is 4.42 Å². The lowest BCUT2D eigenvalue weighted by Crippen LogP contribution is -2.20. The van der Waals surface area contributed by atoms with E-state index in [9.17, 15) is 0 Å². The van der Waals surface area contributed by atoms with Crippen molar-refractivity contribution in [3.63, 3.8) is 0 Å². The van der Waals surface area contributed by atoms with Gasteiger partial charge in [0.15, 0.2) is 5.84 Å². The minimum atomic E-state index is -0.431. The van der Waals surface area contributed by atoms with Gasteiger partial charge in [-0.3, -0.25) is 4.99 Å². The molecule has 12 aromatic rings. The van der Waals surface area contributed by atoms with Gasteiger partial charge in [-0.1, -0.05) is 201 Å². The third kappa shape index (κ3) is 7.21. The zero-order valence-electron chi connectivity index (χ0n) is 37.5. The minimum absolute atomic E-state index is 0.431. The summed E-state index contributed by atoms with van der Waals surface area (Å²) in [6, 6.07) is 83.7. The van der Waals surface area contributed by atoms with E-state index in [4.69, 9.17) is 21.0 Å². The number of thiophene rings is 1. The van der Waals surface area contributed by atoms with Crippen LogP contribution >= 0.6 is 11.3 Å². The normalized spacial score (nSPS) is 13.9. The first-order valence-corrected chi connectivity index (χ1v) is 24.2. The molecule has 3 heterocycles. The van der Waals surface area contributed by atoms with Gasteiger partial charge in [0.2, 0.25) is 0 Å². The predicted molar refractivity (Wildman–Crippen MR) is 292 cm³/mol. The van der Waals surface area contributed by atoms with Crippen LogP contribution in [0.25, 0.3) is 97.7 Å². The van der Waals surface area contributed by atoms with Crippen LogP contribution in [-0.4, -0.2) is 11.5 Å². The zero-order chi connectivity index (χ0) is 45.8. The van der Waals surface area contributed by atoms with E-state index in [1.807, 2.05) is 23.5 Å². The highest BCUT2D eigenvalue weighted by molar-refractivity contribution is 7.26. The maximum atomic E-state index is 6.63. The molecule has 1 atom stereocenters. The quantitative estimate of drug-likeness (QED) is 0.150. The summed E-state index contributed by atoms with van der Waals surface area (Å²) in [6.07, 6.45) is 0. The number of amidine groups is 1. The van der Waals surface area contributed by atoms with Crippen molar-refractivity contribution in [2.75, 3.05) is 0 Å². The Labute approximate surface area is 404 Å². The lowest BCUT2D eigenvalue weighted by molar-refractivity contribution is 0.668. The second kappa shape index (κ2) is 16.9. The molecular weight excluding hydrogens is 857 g/mol. The molecule has 1 aliphatic heterocycles. The molecule has 0 amide bonds. The third-order valence-corrected chi connectivity index (χ3v) is 14.7. The second-order valence-corrected chi connectivity index (χ2v) is 18.7. The number of nitrogens with zero attached hydrogens (tertiary/aromatic N) is 2. The molecule has 0 aliphatic carbocycles. The molecule has 10 aromatic carbocycles. The molecule has 0 saturated heterocycles. The Hall–Kier alpha value is -8.70. The fourth-order valence-corrected chi connectivity index (χ4v) is 11.4. The molecule has 1 aliphatic rings. The monoisotopic (exact) mass is 898 g/mol. The first kappa shape index (κ1) is 40.6. The van der Waals surface area contributed by atoms with Gasteiger partial charge in [0.25, 0.3) is 0 Å². The Morgan fingerprint density at radius 2 is 0.957 bits per heavy atom. The average Bonchev–Trinajstić information content (AvgIpc) is 4.00. The Kier molecular flexibility index (Phi) is 9.92. The maximum absolute atomic E-state index is 6.63. The third-order valence-electron chi connectivity index (χ3n) is 13.5. The fraction of sp³-hybridized carbons (Fsp3) is 0.0154. The highest BCUT2D eigenvalue weighted by Gasteiger charge is 2.29. The smallest absolute Gasteiger partial charge is 0.156 e. The SMILES string of the molecule is C=C1C(c2ccccc2)=NC(c2cc(-c3ccccc3)cc(-c3ccccc3-c3ccc(-c4cccc5c4sc4ccccc45)cc3)c2)=NC1c1cccc2oc3cc(-c4ccccc4)ccc3c12. The van der Waals surface area contributed by atoms with Crippen LogP contribution in [0.5, 0.6) is 0 Å². The minimum Gasteiger partial charge on any atom is -0.456 e. The molecular formula is C65H42N2OS. The van der Waals surface area contributed by atoms with E-state index in [1.54, 1.807) is 0 Å². The number of aliphatic imine (C=N–C) groups is 2. The van der Waals surface area contributed by atoms with Crippen molar-refractivity contribution in [2.24, 2.45) is 9.98 Å². The standard InChI is InChI=1S/C65H42N2OS/c1-41-62(46-21-9-4-10-22-46)66-65(67-63(41)57-28-16-29-58-61(57)56-36-35-47(40-59(56)68-58)42-17-5-2-6-18-42)50-38-48(43-19-7-3-8-20-43)37-49(39-50)52-24-12-11-23-51(52)44-31-33-45(34-32-44)53-26-15-27-55-54-25-13-14-30-60(54)69-64(53)55/h2-40,63H,1H2. The van der Waals surface area contributed by atoms with E-state index in [0.717, 1.165) is 94.4 Å².